The maximum absolute atomic E-state index is 13.1. The van der Waals surface area contributed by atoms with Crippen LogP contribution in [0.4, 0.5) is 0 Å². The molecule has 1 aromatic rings. The number of hydrogen-bond donors (Lipinski definition) is 2. The van der Waals surface area contributed by atoms with Gasteiger partial charge in [-0.2, -0.15) is 4.31 Å². The molecule has 2 saturated heterocycles. The zero-order valence-electron chi connectivity index (χ0n) is 14.7. The monoisotopic (exact) mass is 369 g/mol. The van der Waals surface area contributed by atoms with E-state index in [1.54, 1.807) is 9.21 Å². The molecule has 0 unspecified atom stereocenters. The molecule has 2 fully saturated rings. The molecule has 140 valence electrons. The van der Waals surface area contributed by atoms with Crippen molar-refractivity contribution in [2.24, 2.45) is 0 Å². The predicted molar refractivity (Wildman–Crippen MR) is 93.8 cm³/mol. The molecule has 0 spiro atoms. The third kappa shape index (κ3) is 3.47. The Labute approximate surface area is 149 Å². The Kier molecular flexibility index (Phi) is 5.22. The number of aliphatic hydroxyl groups is 1. The Morgan fingerprint density at radius 3 is 2.68 bits per heavy atom. The van der Waals surface area contributed by atoms with Gasteiger partial charge in [-0.3, -0.25) is 4.79 Å². The summed E-state index contributed by atoms with van der Waals surface area (Å²) in [6.07, 6.45) is 6.22. The number of carbonyl (C=O) groups is 1. The first-order valence-electron chi connectivity index (χ1n) is 9.00. The third-order valence-corrected chi connectivity index (χ3v) is 7.46. The van der Waals surface area contributed by atoms with Gasteiger partial charge in [-0.1, -0.05) is 0 Å². The molecule has 0 saturated carbocycles. The quantitative estimate of drug-likeness (QED) is 0.796. The van der Waals surface area contributed by atoms with Crippen LogP contribution in [-0.4, -0.2) is 65.4 Å². The number of hydrogen-bond acceptors (Lipinski definition) is 4. The van der Waals surface area contributed by atoms with Crippen LogP contribution in [0.15, 0.2) is 17.2 Å². The molecule has 2 aliphatic rings. The number of H-pyrrole nitrogens is 1. The Morgan fingerprint density at radius 1 is 1.28 bits per heavy atom. The summed E-state index contributed by atoms with van der Waals surface area (Å²) < 4.78 is 27.7. The highest BCUT2D eigenvalue weighted by Gasteiger charge is 2.44. The third-order valence-electron chi connectivity index (χ3n) is 5.42. The van der Waals surface area contributed by atoms with E-state index in [0.29, 0.717) is 25.1 Å². The summed E-state index contributed by atoms with van der Waals surface area (Å²) in [7, 11) is -3.66. The number of aliphatic hydroxyl groups excluding tert-OH is 1. The number of carbonyl (C=O) groups excluding carboxylic acids is 1. The van der Waals surface area contributed by atoms with Crippen molar-refractivity contribution in [2.45, 2.75) is 55.9 Å². The zero-order chi connectivity index (χ0) is 18.1. The number of amides is 1. The van der Waals surface area contributed by atoms with E-state index < -0.39 is 15.6 Å². The Morgan fingerprint density at radius 2 is 2.00 bits per heavy atom. The van der Waals surface area contributed by atoms with Crippen LogP contribution in [0.2, 0.25) is 0 Å². The Balaban J connectivity index is 1.81. The van der Waals surface area contributed by atoms with E-state index in [0.717, 1.165) is 38.8 Å². The molecule has 0 aromatic carbocycles. The first kappa shape index (κ1) is 18.4. The first-order chi connectivity index (χ1) is 11.9. The van der Waals surface area contributed by atoms with Crippen LogP contribution in [0.1, 0.15) is 55.9 Å². The van der Waals surface area contributed by atoms with Crippen LogP contribution in [0.5, 0.6) is 0 Å². The molecular formula is C17H27N3O4S. The molecule has 25 heavy (non-hydrogen) atoms. The van der Waals surface area contributed by atoms with Gasteiger partial charge in [0.25, 0.3) is 5.91 Å². The topological polar surface area (TPSA) is 93.7 Å². The lowest BCUT2D eigenvalue weighted by Gasteiger charge is -2.34. The highest BCUT2D eigenvalue weighted by atomic mass is 32.2. The van der Waals surface area contributed by atoms with Crippen molar-refractivity contribution in [1.29, 1.82) is 0 Å². The minimum absolute atomic E-state index is 0.0577. The minimum Gasteiger partial charge on any atom is -0.396 e. The van der Waals surface area contributed by atoms with Gasteiger partial charge >= 0.3 is 0 Å². The minimum atomic E-state index is -3.66. The van der Waals surface area contributed by atoms with E-state index in [4.69, 9.17) is 5.11 Å². The molecule has 0 radical (unpaired) electrons. The number of nitrogens with one attached hydrogen (secondary N) is 1. The van der Waals surface area contributed by atoms with Gasteiger partial charge in [0.1, 0.15) is 10.6 Å². The molecule has 2 N–H and O–H groups in total. The number of likely N-dealkylation sites (tertiary alicyclic amines) is 1. The van der Waals surface area contributed by atoms with Gasteiger partial charge in [-0.25, -0.2) is 8.42 Å². The van der Waals surface area contributed by atoms with Crippen LogP contribution in [0.25, 0.3) is 0 Å². The summed E-state index contributed by atoms with van der Waals surface area (Å²) in [6, 6.07) is 1.46. The van der Waals surface area contributed by atoms with Gasteiger partial charge in [0.15, 0.2) is 0 Å². The molecular weight excluding hydrogens is 342 g/mol. The summed E-state index contributed by atoms with van der Waals surface area (Å²) in [5.41, 5.74) is -0.144. The maximum Gasteiger partial charge on any atom is 0.270 e. The first-order valence-corrected chi connectivity index (χ1v) is 10.4. The summed E-state index contributed by atoms with van der Waals surface area (Å²) in [5.74, 6) is -0.136. The number of rotatable bonds is 6. The highest BCUT2D eigenvalue weighted by Crippen LogP contribution is 2.37. The lowest BCUT2D eigenvalue weighted by Crippen LogP contribution is -2.44. The predicted octanol–water partition coefficient (Wildman–Crippen LogP) is 1.57. The van der Waals surface area contributed by atoms with Crippen LogP contribution in [0, 0.1) is 0 Å². The number of aromatic amines is 1. The molecule has 8 heteroatoms. The fraction of sp³-hybridized carbons (Fsp3) is 0.706. The molecule has 1 amide bonds. The summed E-state index contributed by atoms with van der Waals surface area (Å²) >= 11 is 0. The average Bonchev–Trinajstić information content (AvgIpc) is 3.32. The summed E-state index contributed by atoms with van der Waals surface area (Å²) in [4.78, 5) is 17.2. The largest absolute Gasteiger partial charge is 0.396 e. The normalized spacial score (nSPS) is 25.0. The molecule has 7 nitrogen and oxygen atoms in total. The van der Waals surface area contributed by atoms with Gasteiger partial charge in [-0.15, -0.1) is 0 Å². The molecule has 0 aliphatic carbocycles. The van der Waals surface area contributed by atoms with Crippen molar-refractivity contribution in [3.8, 4) is 0 Å². The van der Waals surface area contributed by atoms with E-state index >= 15 is 0 Å². The molecule has 1 atom stereocenters. The molecule has 0 bridgehead atoms. The lowest BCUT2D eigenvalue weighted by atomic mass is 9.94. The number of sulfonamides is 1. The van der Waals surface area contributed by atoms with E-state index in [1.807, 2.05) is 6.92 Å². The smallest absolute Gasteiger partial charge is 0.270 e. The maximum atomic E-state index is 13.1. The molecule has 1 aromatic heterocycles. The number of nitrogens with zero attached hydrogens (tertiary/aromatic N) is 2. The second-order valence-corrected chi connectivity index (χ2v) is 9.12. The van der Waals surface area contributed by atoms with E-state index in [-0.39, 0.29) is 17.4 Å². The standard InChI is InChI=1S/C17H27N3O4S/c1-17(7-5-11-21)6-4-10-20(17)25(23,24)14-12-15(18-13-14)16(22)19-8-2-3-9-19/h12-13,18,21H,2-11H2,1H3/t17-/m1/s1. The number of aromatic nitrogens is 1. The van der Waals surface area contributed by atoms with Gasteiger partial charge in [-0.05, 0) is 51.5 Å². The van der Waals surface area contributed by atoms with E-state index in [9.17, 15) is 13.2 Å². The van der Waals surface area contributed by atoms with Crippen molar-refractivity contribution in [3.63, 3.8) is 0 Å². The van der Waals surface area contributed by atoms with Gasteiger partial charge in [0, 0.05) is 38.0 Å². The fourth-order valence-electron chi connectivity index (χ4n) is 3.98. The lowest BCUT2D eigenvalue weighted by molar-refractivity contribution is 0.0787. The van der Waals surface area contributed by atoms with E-state index in [1.165, 1.54) is 12.3 Å². The second kappa shape index (κ2) is 7.09. The van der Waals surface area contributed by atoms with Gasteiger partial charge < -0.3 is 15.0 Å². The van der Waals surface area contributed by atoms with Crippen molar-refractivity contribution in [1.82, 2.24) is 14.2 Å². The van der Waals surface area contributed by atoms with Crippen molar-refractivity contribution >= 4 is 15.9 Å². The fourth-order valence-corrected chi connectivity index (χ4v) is 5.84. The Bertz CT molecular complexity index is 724. The zero-order valence-corrected chi connectivity index (χ0v) is 15.5. The van der Waals surface area contributed by atoms with Crippen LogP contribution in [-0.2, 0) is 10.0 Å². The van der Waals surface area contributed by atoms with E-state index in [2.05, 4.69) is 4.98 Å². The summed E-state index contributed by atoms with van der Waals surface area (Å²) in [6.45, 7) is 3.93. The SMILES string of the molecule is C[C@]1(CCCO)CCCN1S(=O)(=O)c1c[nH]c(C(=O)N2CCCC2)c1. The van der Waals surface area contributed by atoms with Crippen molar-refractivity contribution in [2.75, 3.05) is 26.2 Å². The second-order valence-electron chi connectivity index (χ2n) is 7.25. The Hall–Kier alpha value is -1.38. The van der Waals surface area contributed by atoms with Crippen molar-refractivity contribution in [3.05, 3.63) is 18.0 Å². The van der Waals surface area contributed by atoms with Gasteiger partial charge in [0.2, 0.25) is 10.0 Å². The summed E-state index contributed by atoms with van der Waals surface area (Å²) in [5, 5.41) is 9.10. The van der Waals surface area contributed by atoms with Crippen LogP contribution >= 0.6 is 0 Å². The van der Waals surface area contributed by atoms with Crippen molar-refractivity contribution < 1.29 is 18.3 Å². The molecule has 2 aliphatic heterocycles. The molecule has 3 rings (SSSR count). The highest BCUT2D eigenvalue weighted by molar-refractivity contribution is 7.89. The molecule has 3 heterocycles. The van der Waals surface area contributed by atoms with Gasteiger partial charge in [0.05, 0.1) is 0 Å². The van der Waals surface area contributed by atoms with Crippen LogP contribution in [0.3, 0.4) is 0 Å². The van der Waals surface area contributed by atoms with Crippen LogP contribution < -0.4 is 0 Å². The average molecular weight is 369 g/mol.